The Morgan fingerprint density at radius 1 is 1.19 bits per heavy atom. The van der Waals surface area contributed by atoms with Crippen LogP contribution in [0.1, 0.15) is 31.0 Å². The predicted molar refractivity (Wildman–Crippen MR) is 105 cm³/mol. The van der Waals surface area contributed by atoms with Crippen LogP contribution in [0.5, 0.6) is 5.75 Å². The molecule has 6 nitrogen and oxygen atoms in total. The van der Waals surface area contributed by atoms with Gasteiger partial charge in [0.15, 0.2) is 5.75 Å². The molecular weight excluding hydrogens is 342 g/mol. The standard InChI is InChI=1S/C21H27N3O3/c1-3-18-15-23(14-17-11-19(25)20(27-2)12-22-17)10-9-21(26)24(18)13-16-7-5-4-6-8-16/h4-8,11-12,18H,3,9-10,13-15H2,1-2H3,(H,22,25). The van der Waals surface area contributed by atoms with E-state index in [1.165, 1.54) is 7.11 Å². The van der Waals surface area contributed by atoms with Crippen molar-refractivity contribution in [3.05, 3.63) is 64.1 Å². The zero-order chi connectivity index (χ0) is 19.2. The molecule has 0 radical (unpaired) electrons. The van der Waals surface area contributed by atoms with Crippen molar-refractivity contribution in [1.29, 1.82) is 0 Å². The minimum absolute atomic E-state index is 0.130. The predicted octanol–water partition coefficient (Wildman–Crippen LogP) is 2.40. The number of benzene rings is 1. The Balaban J connectivity index is 1.72. The highest BCUT2D eigenvalue weighted by Gasteiger charge is 2.28. The van der Waals surface area contributed by atoms with Crippen molar-refractivity contribution in [3.8, 4) is 5.75 Å². The van der Waals surface area contributed by atoms with E-state index < -0.39 is 0 Å². The highest BCUT2D eigenvalue weighted by molar-refractivity contribution is 5.77. The molecule has 3 rings (SSSR count). The lowest BCUT2D eigenvalue weighted by Gasteiger charge is -2.31. The highest BCUT2D eigenvalue weighted by atomic mass is 16.5. The molecule has 1 saturated heterocycles. The Bertz CT molecular complexity index is 819. The molecule has 6 heteroatoms. The normalized spacial score (nSPS) is 18.4. The lowest BCUT2D eigenvalue weighted by molar-refractivity contribution is -0.133. The summed E-state index contributed by atoms with van der Waals surface area (Å²) in [6.07, 6.45) is 2.98. The maximum absolute atomic E-state index is 12.7. The van der Waals surface area contributed by atoms with Crippen LogP contribution in [-0.4, -0.2) is 46.9 Å². The molecule has 1 aliphatic rings. The van der Waals surface area contributed by atoms with Crippen LogP contribution in [0.2, 0.25) is 0 Å². The van der Waals surface area contributed by atoms with Gasteiger partial charge in [-0.05, 0) is 12.0 Å². The Morgan fingerprint density at radius 3 is 2.63 bits per heavy atom. The second kappa shape index (κ2) is 8.86. The summed E-state index contributed by atoms with van der Waals surface area (Å²) in [5.41, 5.74) is 1.85. The van der Waals surface area contributed by atoms with Crippen LogP contribution in [0, 0.1) is 0 Å². The largest absolute Gasteiger partial charge is 0.491 e. The lowest BCUT2D eigenvalue weighted by Crippen LogP contribution is -2.42. The average Bonchev–Trinajstić information content (AvgIpc) is 2.82. The highest BCUT2D eigenvalue weighted by Crippen LogP contribution is 2.19. The molecule has 1 aromatic carbocycles. The molecule has 27 heavy (non-hydrogen) atoms. The molecule has 0 bridgehead atoms. The number of aromatic nitrogens is 1. The van der Waals surface area contributed by atoms with E-state index in [-0.39, 0.29) is 17.4 Å². The van der Waals surface area contributed by atoms with Crippen molar-refractivity contribution in [2.24, 2.45) is 0 Å². The summed E-state index contributed by atoms with van der Waals surface area (Å²) in [7, 11) is 1.48. The van der Waals surface area contributed by atoms with Crippen molar-refractivity contribution in [2.75, 3.05) is 20.2 Å². The smallest absolute Gasteiger partial charge is 0.224 e. The minimum Gasteiger partial charge on any atom is -0.491 e. The van der Waals surface area contributed by atoms with E-state index in [1.807, 2.05) is 23.1 Å². The molecule has 2 heterocycles. The quantitative estimate of drug-likeness (QED) is 0.849. The SMILES string of the molecule is CCC1CN(Cc2cc(=O)c(OC)c[nH]2)CCC(=O)N1Cc1ccccc1. The summed E-state index contributed by atoms with van der Waals surface area (Å²) in [4.78, 5) is 32.1. The van der Waals surface area contributed by atoms with Gasteiger partial charge in [0, 0.05) is 56.6 Å². The van der Waals surface area contributed by atoms with Gasteiger partial charge in [-0.3, -0.25) is 14.5 Å². The first-order chi connectivity index (χ1) is 13.1. The third-order valence-electron chi connectivity index (χ3n) is 5.09. The molecule has 1 amide bonds. The Kier molecular flexibility index (Phi) is 6.29. The fourth-order valence-electron chi connectivity index (χ4n) is 3.57. The van der Waals surface area contributed by atoms with Gasteiger partial charge in [0.2, 0.25) is 11.3 Å². The van der Waals surface area contributed by atoms with Gasteiger partial charge >= 0.3 is 0 Å². The molecule has 1 unspecified atom stereocenters. The third-order valence-corrected chi connectivity index (χ3v) is 5.09. The number of hydrogen-bond acceptors (Lipinski definition) is 4. The lowest BCUT2D eigenvalue weighted by atomic mass is 10.1. The van der Waals surface area contributed by atoms with Gasteiger partial charge < -0.3 is 14.6 Å². The van der Waals surface area contributed by atoms with E-state index in [0.29, 0.717) is 31.8 Å². The number of H-pyrrole nitrogens is 1. The molecule has 2 aromatic rings. The number of hydrogen-bond donors (Lipinski definition) is 1. The molecule has 1 atom stereocenters. The van der Waals surface area contributed by atoms with Crippen LogP contribution in [0.3, 0.4) is 0 Å². The first kappa shape index (κ1) is 19.2. The first-order valence-corrected chi connectivity index (χ1v) is 9.42. The minimum atomic E-state index is -0.130. The molecule has 1 fully saturated rings. The van der Waals surface area contributed by atoms with E-state index in [1.54, 1.807) is 12.3 Å². The van der Waals surface area contributed by atoms with Crippen LogP contribution in [0.4, 0.5) is 0 Å². The molecule has 0 spiro atoms. The maximum Gasteiger partial charge on any atom is 0.224 e. The zero-order valence-electron chi connectivity index (χ0n) is 16.0. The summed E-state index contributed by atoms with van der Waals surface area (Å²) in [6.45, 7) is 4.86. The second-order valence-corrected chi connectivity index (χ2v) is 6.95. The Labute approximate surface area is 159 Å². The number of amides is 1. The van der Waals surface area contributed by atoms with Crippen molar-refractivity contribution >= 4 is 5.91 Å². The topological polar surface area (TPSA) is 65.6 Å². The number of carbonyl (C=O) groups is 1. The van der Waals surface area contributed by atoms with Crippen LogP contribution in [-0.2, 0) is 17.9 Å². The van der Waals surface area contributed by atoms with Crippen molar-refractivity contribution in [1.82, 2.24) is 14.8 Å². The van der Waals surface area contributed by atoms with Gasteiger partial charge in [-0.15, -0.1) is 0 Å². The fraction of sp³-hybridized carbons (Fsp3) is 0.429. The number of nitrogens with one attached hydrogen (secondary N) is 1. The summed E-state index contributed by atoms with van der Waals surface area (Å²) in [5.74, 6) is 0.502. The molecule has 144 valence electrons. The third kappa shape index (κ3) is 4.77. The number of rotatable bonds is 6. The zero-order valence-corrected chi connectivity index (χ0v) is 16.0. The average molecular weight is 369 g/mol. The number of pyridine rings is 1. The Hall–Kier alpha value is -2.60. The van der Waals surface area contributed by atoms with E-state index in [9.17, 15) is 9.59 Å². The van der Waals surface area contributed by atoms with Gasteiger partial charge in [-0.1, -0.05) is 37.3 Å². The maximum atomic E-state index is 12.7. The monoisotopic (exact) mass is 369 g/mol. The van der Waals surface area contributed by atoms with Crippen molar-refractivity contribution in [3.63, 3.8) is 0 Å². The van der Waals surface area contributed by atoms with Crippen LogP contribution >= 0.6 is 0 Å². The molecule has 1 N–H and O–H groups in total. The van der Waals surface area contributed by atoms with E-state index in [2.05, 4.69) is 28.9 Å². The van der Waals surface area contributed by atoms with Gasteiger partial charge in [0.05, 0.1) is 7.11 Å². The number of carbonyl (C=O) groups excluding carboxylic acids is 1. The van der Waals surface area contributed by atoms with Gasteiger partial charge in [-0.25, -0.2) is 0 Å². The van der Waals surface area contributed by atoms with Crippen LogP contribution in [0.25, 0.3) is 0 Å². The van der Waals surface area contributed by atoms with Crippen molar-refractivity contribution in [2.45, 2.75) is 38.9 Å². The second-order valence-electron chi connectivity index (χ2n) is 6.95. The molecule has 1 aromatic heterocycles. The summed E-state index contributed by atoms with van der Waals surface area (Å²) < 4.78 is 5.02. The van der Waals surface area contributed by atoms with Gasteiger partial charge in [-0.2, -0.15) is 0 Å². The summed E-state index contributed by atoms with van der Waals surface area (Å²) in [6, 6.07) is 11.9. The molecule has 1 aliphatic heterocycles. The molecule has 0 saturated carbocycles. The van der Waals surface area contributed by atoms with E-state index in [0.717, 1.165) is 24.2 Å². The van der Waals surface area contributed by atoms with Gasteiger partial charge in [0.25, 0.3) is 0 Å². The van der Waals surface area contributed by atoms with Crippen LogP contribution < -0.4 is 10.2 Å². The number of ether oxygens (including phenoxy) is 1. The van der Waals surface area contributed by atoms with Gasteiger partial charge in [0.1, 0.15) is 0 Å². The number of aromatic amines is 1. The van der Waals surface area contributed by atoms with Crippen LogP contribution in [0.15, 0.2) is 47.4 Å². The van der Waals surface area contributed by atoms with E-state index >= 15 is 0 Å². The van der Waals surface area contributed by atoms with E-state index in [4.69, 9.17) is 4.74 Å². The number of methoxy groups -OCH3 is 1. The molecule has 0 aliphatic carbocycles. The molecular formula is C21H27N3O3. The Morgan fingerprint density at radius 2 is 1.96 bits per heavy atom. The summed E-state index contributed by atoms with van der Waals surface area (Å²) >= 11 is 0. The first-order valence-electron chi connectivity index (χ1n) is 9.42. The van der Waals surface area contributed by atoms with Crippen molar-refractivity contribution < 1.29 is 9.53 Å². The summed E-state index contributed by atoms with van der Waals surface area (Å²) in [5, 5.41) is 0. The number of nitrogens with zero attached hydrogens (tertiary/aromatic N) is 2. The fourth-order valence-corrected chi connectivity index (χ4v) is 3.57.